The zero-order valence-corrected chi connectivity index (χ0v) is 16.4. The second-order valence-corrected chi connectivity index (χ2v) is 6.82. The van der Waals surface area contributed by atoms with Crippen LogP contribution >= 0.6 is 0 Å². The number of aromatic nitrogens is 2. The number of carbonyl (C=O) groups excluding carboxylic acids is 2. The highest BCUT2D eigenvalue weighted by Crippen LogP contribution is 2.39. The number of nitrogens with one attached hydrogen (secondary N) is 1. The fraction of sp³-hybridized carbons (Fsp3) is 0.227. The van der Waals surface area contributed by atoms with Gasteiger partial charge in [-0.15, -0.1) is 0 Å². The van der Waals surface area contributed by atoms with E-state index in [1.54, 1.807) is 4.68 Å². The van der Waals surface area contributed by atoms with Gasteiger partial charge in [0.25, 0.3) is 0 Å². The molecule has 0 unspecified atom stereocenters. The molecule has 1 heterocycles. The fourth-order valence-corrected chi connectivity index (χ4v) is 2.99. The molecule has 1 amide bonds. The Hall–Kier alpha value is -3.41. The largest absolute Gasteiger partial charge is 0.407 e. The number of para-hydroxylation sites is 1. The van der Waals surface area contributed by atoms with Gasteiger partial charge in [-0.2, -0.15) is 9.78 Å². The third kappa shape index (κ3) is 4.11. The summed E-state index contributed by atoms with van der Waals surface area (Å²) in [5, 5.41) is 7.50. The lowest BCUT2D eigenvalue weighted by molar-refractivity contribution is -0.132. The molecule has 0 aliphatic carbocycles. The van der Waals surface area contributed by atoms with Crippen molar-refractivity contribution in [2.45, 2.75) is 33.6 Å². The standard InChI is InChI=1S/C22H23N3O3/c1-14(2)21-20(17-10-12-18(13-11-17)23-15(3)26)22(28-16(4)27)25(24-21)19-8-6-5-7-9-19/h5-14H,1-4H3,(H,23,26). The molecule has 3 rings (SSSR count). The summed E-state index contributed by atoms with van der Waals surface area (Å²) in [6.07, 6.45) is 0. The van der Waals surface area contributed by atoms with E-state index in [-0.39, 0.29) is 11.8 Å². The minimum atomic E-state index is -0.413. The van der Waals surface area contributed by atoms with E-state index in [1.807, 2.05) is 68.4 Å². The van der Waals surface area contributed by atoms with Gasteiger partial charge in [0.05, 0.1) is 16.9 Å². The summed E-state index contributed by atoms with van der Waals surface area (Å²) in [6, 6.07) is 17.0. The van der Waals surface area contributed by atoms with E-state index in [9.17, 15) is 9.59 Å². The van der Waals surface area contributed by atoms with Crippen molar-refractivity contribution >= 4 is 17.6 Å². The summed E-state index contributed by atoms with van der Waals surface area (Å²) in [6.45, 7) is 6.93. The summed E-state index contributed by atoms with van der Waals surface area (Å²) >= 11 is 0. The summed E-state index contributed by atoms with van der Waals surface area (Å²) in [5.41, 5.74) is 3.96. The van der Waals surface area contributed by atoms with Crippen molar-refractivity contribution < 1.29 is 14.3 Å². The van der Waals surface area contributed by atoms with Gasteiger partial charge in [0.2, 0.25) is 11.8 Å². The summed E-state index contributed by atoms with van der Waals surface area (Å²) < 4.78 is 7.26. The molecule has 3 aromatic rings. The van der Waals surface area contributed by atoms with Gasteiger partial charge >= 0.3 is 5.97 Å². The first-order chi connectivity index (χ1) is 13.4. The minimum absolute atomic E-state index is 0.115. The van der Waals surface area contributed by atoms with Crippen LogP contribution in [0, 0.1) is 0 Å². The predicted octanol–water partition coefficient (Wildman–Crippen LogP) is 4.55. The maximum Gasteiger partial charge on any atom is 0.309 e. The van der Waals surface area contributed by atoms with E-state index in [1.165, 1.54) is 13.8 Å². The Balaban J connectivity index is 2.19. The lowest BCUT2D eigenvalue weighted by Gasteiger charge is -2.10. The molecule has 28 heavy (non-hydrogen) atoms. The van der Waals surface area contributed by atoms with Gasteiger partial charge in [0, 0.05) is 19.5 Å². The Morgan fingerprint density at radius 2 is 1.64 bits per heavy atom. The van der Waals surface area contributed by atoms with Gasteiger partial charge in [-0.1, -0.05) is 44.2 Å². The summed E-state index contributed by atoms with van der Waals surface area (Å²) in [5.74, 6) is -0.0457. The van der Waals surface area contributed by atoms with Crippen LogP contribution in [0.2, 0.25) is 0 Å². The maximum atomic E-state index is 11.8. The van der Waals surface area contributed by atoms with Crippen molar-refractivity contribution in [3.63, 3.8) is 0 Å². The average Bonchev–Trinajstić information content (AvgIpc) is 3.01. The molecule has 0 fully saturated rings. The van der Waals surface area contributed by atoms with Crippen molar-refractivity contribution in [3.05, 3.63) is 60.3 Å². The molecule has 1 aromatic heterocycles. The molecule has 0 spiro atoms. The third-order valence-electron chi connectivity index (χ3n) is 4.15. The predicted molar refractivity (Wildman–Crippen MR) is 109 cm³/mol. The van der Waals surface area contributed by atoms with Gasteiger partial charge in [0.1, 0.15) is 0 Å². The zero-order chi connectivity index (χ0) is 20.3. The molecule has 0 atom stereocenters. The molecule has 0 bridgehead atoms. The van der Waals surface area contributed by atoms with E-state index in [2.05, 4.69) is 5.32 Å². The van der Waals surface area contributed by atoms with Gasteiger partial charge < -0.3 is 10.1 Å². The lowest BCUT2D eigenvalue weighted by Crippen LogP contribution is -2.08. The molecule has 1 N–H and O–H groups in total. The number of hydrogen-bond donors (Lipinski definition) is 1. The van der Waals surface area contributed by atoms with E-state index < -0.39 is 5.97 Å². The Morgan fingerprint density at radius 1 is 1.00 bits per heavy atom. The lowest BCUT2D eigenvalue weighted by atomic mass is 9.99. The van der Waals surface area contributed by atoms with Crippen molar-refractivity contribution in [1.82, 2.24) is 9.78 Å². The van der Waals surface area contributed by atoms with Crippen LogP contribution in [0.3, 0.4) is 0 Å². The molecule has 6 nitrogen and oxygen atoms in total. The Labute approximate surface area is 164 Å². The van der Waals surface area contributed by atoms with Crippen LogP contribution in [0.15, 0.2) is 54.6 Å². The first kappa shape index (κ1) is 19.4. The number of carbonyl (C=O) groups is 2. The van der Waals surface area contributed by atoms with Crippen molar-refractivity contribution in [2.24, 2.45) is 0 Å². The van der Waals surface area contributed by atoms with Gasteiger partial charge in [-0.25, -0.2) is 0 Å². The molecule has 0 saturated carbocycles. The molecule has 0 aliphatic rings. The monoisotopic (exact) mass is 377 g/mol. The Bertz CT molecular complexity index is 990. The number of rotatable bonds is 5. The SMILES string of the molecule is CC(=O)Nc1ccc(-c2c(C(C)C)nn(-c3ccccc3)c2OC(C)=O)cc1. The molecule has 0 saturated heterocycles. The normalized spacial score (nSPS) is 10.8. The van der Waals surface area contributed by atoms with Crippen LogP contribution in [-0.4, -0.2) is 21.7 Å². The van der Waals surface area contributed by atoms with E-state index in [0.717, 1.165) is 22.5 Å². The molecular weight excluding hydrogens is 354 g/mol. The quantitative estimate of drug-likeness (QED) is 0.662. The Kier molecular flexibility index (Phi) is 5.59. The van der Waals surface area contributed by atoms with Crippen LogP contribution in [0.4, 0.5) is 5.69 Å². The summed E-state index contributed by atoms with van der Waals surface area (Å²) in [4.78, 5) is 23.1. The first-order valence-electron chi connectivity index (χ1n) is 9.11. The summed E-state index contributed by atoms with van der Waals surface area (Å²) in [7, 11) is 0. The Morgan fingerprint density at radius 3 is 2.18 bits per heavy atom. The van der Waals surface area contributed by atoms with Gasteiger partial charge in [-0.3, -0.25) is 9.59 Å². The topological polar surface area (TPSA) is 73.2 Å². The highest BCUT2D eigenvalue weighted by Gasteiger charge is 2.24. The van der Waals surface area contributed by atoms with Crippen LogP contribution in [0.5, 0.6) is 5.88 Å². The van der Waals surface area contributed by atoms with Crippen LogP contribution < -0.4 is 10.1 Å². The molecular formula is C22H23N3O3. The zero-order valence-electron chi connectivity index (χ0n) is 16.4. The van der Waals surface area contributed by atoms with Crippen molar-refractivity contribution in [2.75, 3.05) is 5.32 Å². The van der Waals surface area contributed by atoms with Gasteiger partial charge in [0.15, 0.2) is 0 Å². The maximum absolute atomic E-state index is 11.8. The number of anilines is 1. The molecule has 0 radical (unpaired) electrons. The first-order valence-corrected chi connectivity index (χ1v) is 9.11. The minimum Gasteiger partial charge on any atom is -0.407 e. The molecule has 6 heteroatoms. The van der Waals surface area contributed by atoms with Crippen LogP contribution in [0.1, 0.15) is 39.3 Å². The molecule has 0 aliphatic heterocycles. The van der Waals surface area contributed by atoms with Crippen LogP contribution in [0.25, 0.3) is 16.8 Å². The third-order valence-corrected chi connectivity index (χ3v) is 4.15. The fourth-order valence-electron chi connectivity index (χ4n) is 2.99. The number of benzene rings is 2. The van der Waals surface area contributed by atoms with Crippen LogP contribution in [-0.2, 0) is 9.59 Å². The highest BCUT2D eigenvalue weighted by molar-refractivity contribution is 5.89. The van der Waals surface area contributed by atoms with E-state index in [4.69, 9.17) is 9.84 Å². The molecule has 144 valence electrons. The van der Waals surface area contributed by atoms with Gasteiger partial charge in [-0.05, 0) is 35.7 Å². The second-order valence-electron chi connectivity index (χ2n) is 6.82. The number of amides is 1. The number of hydrogen-bond acceptors (Lipinski definition) is 4. The number of nitrogens with zero attached hydrogens (tertiary/aromatic N) is 2. The number of ether oxygens (including phenoxy) is 1. The second kappa shape index (κ2) is 8.08. The molecule has 2 aromatic carbocycles. The van der Waals surface area contributed by atoms with E-state index in [0.29, 0.717) is 11.6 Å². The van der Waals surface area contributed by atoms with Crippen molar-refractivity contribution in [3.8, 4) is 22.7 Å². The average molecular weight is 377 g/mol. The highest BCUT2D eigenvalue weighted by atomic mass is 16.5. The number of esters is 1. The smallest absolute Gasteiger partial charge is 0.309 e. The van der Waals surface area contributed by atoms with E-state index >= 15 is 0 Å². The van der Waals surface area contributed by atoms with Crippen molar-refractivity contribution in [1.29, 1.82) is 0 Å².